The highest BCUT2D eigenvalue weighted by molar-refractivity contribution is 6.33. The number of aromatic nitrogens is 3. The normalized spacial score (nSPS) is 10.8. The molecular formula is C14H17ClN4O2. The quantitative estimate of drug-likeness (QED) is 0.854. The molecule has 6 nitrogen and oxygen atoms in total. The molecule has 0 amide bonds. The summed E-state index contributed by atoms with van der Waals surface area (Å²) in [6.45, 7) is 2.40. The van der Waals surface area contributed by atoms with Crippen LogP contribution >= 0.6 is 11.6 Å². The molecule has 7 heteroatoms. The van der Waals surface area contributed by atoms with Crippen LogP contribution in [-0.4, -0.2) is 26.1 Å². The lowest BCUT2D eigenvalue weighted by Gasteiger charge is -2.09. The Hall–Kier alpha value is -1.92. The summed E-state index contributed by atoms with van der Waals surface area (Å²) in [5.74, 6) is -1.07. The lowest BCUT2D eigenvalue weighted by Crippen LogP contribution is -2.08. The smallest absolute Gasteiger partial charge is 0.337 e. The van der Waals surface area contributed by atoms with Crippen molar-refractivity contribution in [1.29, 1.82) is 0 Å². The van der Waals surface area contributed by atoms with E-state index in [-0.39, 0.29) is 10.6 Å². The average Bonchev–Trinajstić information content (AvgIpc) is 2.88. The Labute approximate surface area is 127 Å². The summed E-state index contributed by atoms with van der Waals surface area (Å²) in [7, 11) is 0. The molecule has 0 saturated heterocycles. The van der Waals surface area contributed by atoms with Crippen LogP contribution in [0.1, 0.15) is 41.5 Å². The van der Waals surface area contributed by atoms with Crippen molar-refractivity contribution in [3.05, 3.63) is 40.2 Å². The molecule has 0 spiro atoms. The van der Waals surface area contributed by atoms with Crippen LogP contribution in [0.25, 0.3) is 5.69 Å². The minimum Gasteiger partial charge on any atom is -0.478 e. The zero-order valence-electron chi connectivity index (χ0n) is 11.7. The van der Waals surface area contributed by atoms with Crippen LogP contribution < -0.4 is 5.73 Å². The number of hydrogen-bond acceptors (Lipinski definition) is 4. The van der Waals surface area contributed by atoms with Gasteiger partial charge in [0.15, 0.2) is 0 Å². The standard InChI is InChI=1S/C14H17ClN4O2/c1-2-3-4-13-12(8-16)17-18-19(13)9-5-6-11(15)10(7-9)14(20)21/h5-7H,2-4,8,16H2,1H3,(H,20,21). The Morgan fingerprint density at radius 2 is 2.24 bits per heavy atom. The third-order valence-corrected chi connectivity index (χ3v) is 3.56. The number of benzene rings is 1. The number of carboxylic acids is 1. The molecule has 3 N–H and O–H groups in total. The predicted molar refractivity (Wildman–Crippen MR) is 79.8 cm³/mol. The van der Waals surface area contributed by atoms with E-state index >= 15 is 0 Å². The molecule has 1 aromatic carbocycles. The maximum absolute atomic E-state index is 11.2. The largest absolute Gasteiger partial charge is 0.478 e. The Balaban J connectivity index is 2.48. The minimum absolute atomic E-state index is 0.0420. The van der Waals surface area contributed by atoms with Crippen LogP contribution in [0.5, 0.6) is 0 Å². The predicted octanol–water partition coefficient (Wildman–Crippen LogP) is 2.42. The highest BCUT2D eigenvalue weighted by Gasteiger charge is 2.15. The van der Waals surface area contributed by atoms with E-state index in [0.717, 1.165) is 30.7 Å². The molecule has 2 aromatic rings. The first-order valence-electron chi connectivity index (χ1n) is 6.75. The number of hydrogen-bond donors (Lipinski definition) is 2. The molecule has 112 valence electrons. The molecule has 21 heavy (non-hydrogen) atoms. The maximum atomic E-state index is 11.2. The molecule has 0 fully saturated rings. The summed E-state index contributed by atoms with van der Waals surface area (Å²) in [6, 6.07) is 4.77. The highest BCUT2D eigenvalue weighted by atomic mass is 35.5. The molecule has 0 aliphatic carbocycles. The monoisotopic (exact) mass is 308 g/mol. The summed E-state index contributed by atoms with van der Waals surface area (Å²) in [5, 5.41) is 17.5. The number of nitrogens with two attached hydrogens (primary N) is 1. The molecule has 1 aromatic heterocycles. The lowest BCUT2D eigenvalue weighted by atomic mass is 10.1. The van der Waals surface area contributed by atoms with E-state index in [1.807, 2.05) is 0 Å². The highest BCUT2D eigenvalue weighted by Crippen LogP contribution is 2.22. The number of rotatable bonds is 6. The van der Waals surface area contributed by atoms with Gasteiger partial charge in [-0.25, -0.2) is 9.48 Å². The fourth-order valence-corrected chi connectivity index (χ4v) is 2.30. The van der Waals surface area contributed by atoms with Gasteiger partial charge in [-0.3, -0.25) is 0 Å². The second-order valence-corrected chi connectivity index (χ2v) is 5.08. The zero-order chi connectivity index (χ0) is 15.4. The number of carboxylic acid groups (broad SMARTS) is 1. The molecule has 2 rings (SSSR count). The molecule has 0 saturated carbocycles. The van der Waals surface area contributed by atoms with Crippen LogP contribution in [0.4, 0.5) is 0 Å². The van der Waals surface area contributed by atoms with Crippen molar-refractivity contribution >= 4 is 17.6 Å². The number of carbonyl (C=O) groups is 1. The topological polar surface area (TPSA) is 94.0 Å². The summed E-state index contributed by atoms with van der Waals surface area (Å²) in [6.07, 6.45) is 2.82. The van der Waals surface area contributed by atoms with Gasteiger partial charge < -0.3 is 10.8 Å². The van der Waals surface area contributed by atoms with Crippen molar-refractivity contribution in [2.45, 2.75) is 32.7 Å². The van der Waals surface area contributed by atoms with E-state index in [4.69, 9.17) is 22.4 Å². The van der Waals surface area contributed by atoms with Crippen molar-refractivity contribution in [3.8, 4) is 5.69 Å². The van der Waals surface area contributed by atoms with Gasteiger partial charge >= 0.3 is 5.97 Å². The lowest BCUT2D eigenvalue weighted by molar-refractivity contribution is 0.0697. The molecule has 0 unspecified atom stereocenters. The van der Waals surface area contributed by atoms with Gasteiger partial charge in [-0.05, 0) is 31.0 Å². The second-order valence-electron chi connectivity index (χ2n) is 4.67. The Kier molecular flexibility index (Phi) is 4.93. The fourth-order valence-electron chi connectivity index (χ4n) is 2.10. The zero-order valence-corrected chi connectivity index (χ0v) is 12.5. The first-order valence-corrected chi connectivity index (χ1v) is 7.13. The van der Waals surface area contributed by atoms with Gasteiger partial charge in [-0.15, -0.1) is 5.10 Å². The van der Waals surface area contributed by atoms with Crippen molar-refractivity contribution in [2.24, 2.45) is 5.73 Å². The Bertz CT molecular complexity index is 654. The van der Waals surface area contributed by atoms with Crippen LogP contribution in [-0.2, 0) is 13.0 Å². The fraction of sp³-hybridized carbons (Fsp3) is 0.357. The summed E-state index contributed by atoms with van der Waals surface area (Å²) in [4.78, 5) is 11.2. The van der Waals surface area contributed by atoms with Gasteiger partial charge in [0.1, 0.15) is 0 Å². The van der Waals surface area contributed by atoms with Gasteiger partial charge in [-0.1, -0.05) is 30.2 Å². The molecule has 0 radical (unpaired) electrons. The van der Waals surface area contributed by atoms with E-state index in [9.17, 15) is 4.79 Å². The SMILES string of the molecule is CCCCc1c(CN)nnn1-c1ccc(Cl)c(C(=O)O)c1. The van der Waals surface area contributed by atoms with E-state index in [2.05, 4.69) is 17.2 Å². The number of aromatic carboxylic acids is 1. The third-order valence-electron chi connectivity index (χ3n) is 3.23. The van der Waals surface area contributed by atoms with Crippen molar-refractivity contribution in [2.75, 3.05) is 0 Å². The molecule has 0 aliphatic heterocycles. The van der Waals surface area contributed by atoms with Crippen LogP contribution in [0.2, 0.25) is 5.02 Å². The van der Waals surface area contributed by atoms with Gasteiger partial charge in [0, 0.05) is 6.54 Å². The van der Waals surface area contributed by atoms with Crippen molar-refractivity contribution in [3.63, 3.8) is 0 Å². The van der Waals surface area contributed by atoms with E-state index < -0.39 is 5.97 Å². The van der Waals surface area contributed by atoms with Crippen LogP contribution in [0.15, 0.2) is 18.2 Å². The molecule has 0 atom stereocenters. The van der Waals surface area contributed by atoms with Crippen LogP contribution in [0.3, 0.4) is 0 Å². The molecular weight excluding hydrogens is 292 g/mol. The summed E-state index contributed by atoms with van der Waals surface area (Å²) in [5.41, 5.74) is 7.99. The Morgan fingerprint density at radius 1 is 1.48 bits per heavy atom. The minimum atomic E-state index is -1.07. The third kappa shape index (κ3) is 3.22. The van der Waals surface area contributed by atoms with Crippen LogP contribution in [0, 0.1) is 0 Å². The van der Waals surface area contributed by atoms with E-state index in [1.165, 1.54) is 6.07 Å². The summed E-state index contributed by atoms with van der Waals surface area (Å²) >= 11 is 5.89. The van der Waals surface area contributed by atoms with Crippen molar-refractivity contribution in [1.82, 2.24) is 15.0 Å². The number of nitrogens with zero attached hydrogens (tertiary/aromatic N) is 3. The van der Waals surface area contributed by atoms with Gasteiger partial charge in [0.25, 0.3) is 0 Å². The van der Waals surface area contributed by atoms with Gasteiger partial charge in [0.2, 0.25) is 0 Å². The Morgan fingerprint density at radius 3 is 2.86 bits per heavy atom. The molecule has 0 bridgehead atoms. The van der Waals surface area contributed by atoms with Gasteiger partial charge in [0.05, 0.1) is 27.7 Å². The molecule has 0 aliphatic rings. The summed E-state index contributed by atoms with van der Waals surface area (Å²) < 4.78 is 1.64. The number of unbranched alkanes of at least 4 members (excludes halogenated alkanes) is 1. The van der Waals surface area contributed by atoms with E-state index in [0.29, 0.717) is 12.2 Å². The van der Waals surface area contributed by atoms with Gasteiger partial charge in [-0.2, -0.15) is 0 Å². The van der Waals surface area contributed by atoms with Crippen molar-refractivity contribution < 1.29 is 9.90 Å². The van der Waals surface area contributed by atoms with E-state index in [1.54, 1.807) is 16.8 Å². The average molecular weight is 309 g/mol. The second kappa shape index (κ2) is 6.69. The number of halogens is 1. The molecule has 1 heterocycles. The first-order chi connectivity index (χ1) is 10.1. The first kappa shape index (κ1) is 15.5. The maximum Gasteiger partial charge on any atom is 0.337 e.